The van der Waals surface area contributed by atoms with Gasteiger partial charge in [0.05, 0.1) is 11.9 Å². The fourth-order valence-corrected chi connectivity index (χ4v) is 1.48. The van der Waals surface area contributed by atoms with E-state index in [0.29, 0.717) is 12.1 Å². The largest absolute Gasteiger partial charge is 0.478 e. The van der Waals surface area contributed by atoms with E-state index in [4.69, 9.17) is 5.11 Å². The Balaban J connectivity index is 2.38. The van der Waals surface area contributed by atoms with Gasteiger partial charge in [-0.1, -0.05) is 0 Å². The van der Waals surface area contributed by atoms with Crippen molar-refractivity contribution in [1.82, 2.24) is 9.55 Å². The van der Waals surface area contributed by atoms with Gasteiger partial charge in [-0.2, -0.15) is 0 Å². The number of hydrogen-bond donors (Lipinski definition) is 1. The van der Waals surface area contributed by atoms with E-state index in [1.807, 2.05) is 0 Å². The maximum Gasteiger partial charge on any atom is 0.336 e. The topological polar surface area (TPSA) is 55.1 Å². The number of carboxylic acid groups (broad SMARTS) is 1. The number of carbonyl (C=O) groups is 1. The zero-order valence-corrected chi connectivity index (χ0v) is 8.30. The van der Waals surface area contributed by atoms with Gasteiger partial charge in [-0.05, 0) is 23.8 Å². The Morgan fingerprint density at radius 2 is 2.31 bits per heavy atom. The summed E-state index contributed by atoms with van der Waals surface area (Å²) in [4.78, 5) is 14.8. The Morgan fingerprint density at radius 3 is 2.94 bits per heavy atom. The summed E-state index contributed by atoms with van der Waals surface area (Å²) in [6, 6.07) is 3.63. The van der Waals surface area contributed by atoms with Crippen molar-refractivity contribution in [2.24, 2.45) is 0 Å². The monoisotopic (exact) mass is 220 g/mol. The fraction of sp³-hybridized carbons (Fsp3) is 0.0909. The minimum absolute atomic E-state index is 0.107. The van der Waals surface area contributed by atoms with Gasteiger partial charge in [0.1, 0.15) is 5.82 Å². The van der Waals surface area contributed by atoms with Gasteiger partial charge < -0.3 is 9.67 Å². The SMILES string of the molecule is O=C(O)c1ccc(F)cc1Cn1ccnc1. The summed E-state index contributed by atoms with van der Waals surface area (Å²) in [5, 5.41) is 8.94. The van der Waals surface area contributed by atoms with Crippen molar-refractivity contribution in [1.29, 1.82) is 0 Å². The molecule has 0 amide bonds. The fourth-order valence-electron chi connectivity index (χ4n) is 1.48. The predicted octanol–water partition coefficient (Wildman–Crippen LogP) is 1.77. The van der Waals surface area contributed by atoms with Crippen LogP contribution < -0.4 is 0 Å². The third-order valence-corrected chi connectivity index (χ3v) is 2.21. The Kier molecular flexibility index (Phi) is 2.68. The number of imidazole rings is 1. The van der Waals surface area contributed by atoms with Gasteiger partial charge in [0.25, 0.3) is 0 Å². The molecule has 4 nitrogen and oxygen atoms in total. The zero-order chi connectivity index (χ0) is 11.5. The molecule has 1 heterocycles. The molecule has 0 atom stereocenters. The first-order valence-electron chi connectivity index (χ1n) is 4.64. The van der Waals surface area contributed by atoms with Crippen LogP contribution in [0.15, 0.2) is 36.9 Å². The maximum absolute atomic E-state index is 13.0. The third kappa shape index (κ3) is 2.08. The van der Waals surface area contributed by atoms with Crippen LogP contribution >= 0.6 is 0 Å². The highest BCUT2D eigenvalue weighted by Gasteiger charge is 2.10. The second-order valence-electron chi connectivity index (χ2n) is 3.34. The maximum atomic E-state index is 13.0. The van der Waals surface area contributed by atoms with Crippen LogP contribution in [-0.2, 0) is 6.54 Å². The average Bonchev–Trinajstić information content (AvgIpc) is 2.70. The normalized spacial score (nSPS) is 10.3. The number of rotatable bonds is 3. The molecule has 82 valence electrons. The van der Waals surface area contributed by atoms with E-state index < -0.39 is 11.8 Å². The Bertz CT molecular complexity index is 509. The summed E-state index contributed by atoms with van der Waals surface area (Å²) in [6.45, 7) is 0.291. The zero-order valence-electron chi connectivity index (χ0n) is 8.30. The molecule has 1 N–H and O–H groups in total. The summed E-state index contributed by atoms with van der Waals surface area (Å²) in [5.41, 5.74) is 0.528. The highest BCUT2D eigenvalue weighted by molar-refractivity contribution is 5.89. The van der Waals surface area contributed by atoms with Crippen molar-refractivity contribution < 1.29 is 14.3 Å². The van der Waals surface area contributed by atoms with Crippen LogP contribution in [0.5, 0.6) is 0 Å². The summed E-state index contributed by atoms with van der Waals surface area (Å²) >= 11 is 0. The lowest BCUT2D eigenvalue weighted by Gasteiger charge is -2.06. The van der Waals surface area contributed by atoms with Crippen LogP contribution in [-0.4, -0.2) is 20.6 Å². The highest BCUT2D eigenvalue weighted by atomic mass is 19.1. The van der Waals surface area contributed by atoms with Crippen molar-refractivity contribution in [2.75, 3.05) is 0 Å². The van der Waals surface area contributed by atoms with E-state index in [1.54, 1.807) is 23.3 Å². The second-order valence-corrected chi connectivity index (χ2v) is 3.34. The average molecular weight is 220 g/mol. The lowest BCUT2D eigenvalue weighted by atomic mass is 10.1. The molecule has 0 saturated heterocycles. The molecule has 0 spiro atoms. The first kappa shape index (κ1) is 10.4. The van der Waals surface area contributed by atoms with Crippen LogP contribution in [0.3, 0.4) is 0 Å². The molecule has 0 bridgehead atoms. The van der Waals surface area contributed by atoms with Crippen molar-refractivity contribution >= 4 is 5.97 Å². The van der Waals surface area contributed by atoms with Crippen LogP contribution in [0.4, 0.5) is 4.39 Å². The molecule has 0 aliphatic rings. The molecule has 2 rings (SSSR count). The van der Waals surface area contributed by atoms with E-state index in [9.17, 15) is 9.18 Å². The van der Waals surface area contributed by atoms with Crippen molar-refractivity contribution in [3.8, 4) is 0 Å². The van der Waals surface area contributed by atoms with Crippen molar-refractivity contribution in [3.63, 3.8) is 0 Å². The Morgan fingerprint density at radius 1 is 1.50 bits per heavy atom. The van der Waals surface area contributed by atoms with Crippen LogP contribution in [0.2, 0.25) is 0 Å². The molecule has 0 saturated carbocycles. The van der Waals surface area contributed by atoms with E-state index in [0.717, 1.165) is 6.07 Å². The first-order valence-corrected chi connectivity index (χ1v) is 4.64. The number of carboxylic acids is 1. The second kappa shape index (κ2) is 4.14. The van der Waals surface area contributed by atoms with Crippen molar-refractivity contribution in [2.45, 2.75) is 6.54 Å². The summed E-state index contributed by atoms with van der Waals surface area (Å²) < 4.78 is 14.7. The number of nitrogens with zero attached hydrogens (tertiary/aromatic N) is 2. The minimum Gasteiger partial charge on any atom is -0.478 e. The molecule has 0 aliphatic heterocycles. The highest BCUT2D eigenvalue weighted by Crippen LogP contribution is 2.13. The summed E-state index contributed by atoms with van der Waals surface area (Å²) in [5.74, 6) is -1.50. The van der Waals surface area contributed by atoms with E-state index in [1.165, 1.54) is 12.1 Å². The molecule has 0 radical (unpaired) electrons. The molecule has 2 aromatic rings. The lowest BCUT2D eigenvalue weighted by Crippen LogP contribution is -2.06. The number of benzene rings is 1. The van der Waals surface area contributed by atoms with Crippen LogP contribution in [0.1, 0.15) is 15.9 Å². The Labute approximate surface area is 91.0 Å². The molecule has 16 heavy (non-hydrogen) atoms. The van der Waals surface area contributed by atoms with E-state index in [-0.39, 0.29) is 5.56 Å². The molecule has 0 aliphatic carbocycles. The lowest BCUT2D eigenvalue weighted by molar-refractivity contribution is 0.0695. The number of aromatic nitrogens is 2. The van der Waals surface area contributed by atoms with E-state index >= 15 is 0 Å². The standard InChI is InChI=1S/C11H9FN2O2/c12-9-1-2-10(11(15)16)8(5-9)6-14-4-3-13-7-14/h1-5,7H,6H2,(H,15,16). The Hall–Kier alpha value is -2.17. The molecular formula is C11H9FN2O2. The van der Waals surface area contributed by atoms with Gasteiger partial charge in [-0.15, -0.1) is 0 Å². The van der Waals surface area contributed by atoms with Crippen LogP contribution in [0, 0.1) is 5.82 Å². The first-order chi connectivity index (χ1) is 7.66. The summed E-state index contributed by atoms with van der Waals surface area (Å²) in [6.07, 6.45) is 4.83. The van der Waals surface area contributed by atoms with Crippen LogP contribution in [0.25, 0.3) is 0 Å². The van der Waals surface area contributed by atoms with Gasteiger partial charge in [0.2, 0.25) is 0 Å². The summed E-state index contributed by atoms with van der Waals surface area (Å²) in [7, 11) is 0. The van der Waals surface area contributed by atoms with Gasteiger partial charge in [0, 0.05) is 18.9 Å². The molecular weight excluding hydrogens is 211 g/mol. The van der Waals surface area contributed by atoms with Gasteiger partial charge >= 0.3 is 5.97 Å². The quantitative estimate of drug-likeness (QED) is 0.857. The minimum atomic E-state index is -1.06. The molecule has 1 aromatic carbocycles. The number of halogens is 1. The molecule has 0 unspecified atom stereocenters. The number of aromatic carboxylic acids is 1. The molecule has 1 aromatic heterocycles. The van der Waals surface area contributed by atoms with Gasteiger partial charge in [-0.25, -0.2) is 14.2 Å². The van der Waals surface area contributed by atoms with Crippen molar-refractivity contribution in [3.05, 3.63) is 53.9 Å². The van der Waals surface area contributed by atoms with Gasteiger partial charge in [0.15, 0.2) is 0 Å². The third-order valence-electron chi connectivity index (χ3n) is 2.21. The molecule has 0 fully saturated rings. The van der Waals surface area contributed by atoms with E-state index in [2.05, 4.69) is 4.98 Å². The van der Waals surface area contributed by atoms with Gasteiger partial charge in [-0.3, -0.25) is 0 Å². The molecule has 5 heteroatoms. The predicted molar refractivity (Wildman–Crippen MR) is 54.7 cm³/mol. The smallest absolute Gasteiger partial charge is 0.336 e. The number of hydrogen-bond acceptors (Lipinski definition) is 2.